The molecular formula is C10H12F3N3O3. The highest BCUT2D eigenvalue weighted by Gasteiger charge is 2.38. The van der Waals surface area contributed by atoms with Gasteiger partial charge in [-0.2, -0.15) is 13.2 Å². The first-order valence-corrected chi connectivity index (χ1v) is 5.21. The molecule has 0 heterocycles. The average Bonchev–Trinajstić information content (AvgIpc) is 2.33. The van der Waals surface area contributed by atoms with Crippen molar-refractivity contribution in [2.75, 3.05) is 24.2 Å². The Kier molecular flexibility index (Phi) is 4.54. The lowest BCUT2D eigenvalue weighted by Gasteiger charge is -2.16. The summed E-state index contributed by atoms with van der Waals surface area (Å²) in [5.41, 5.74) is -0.309. The Bertz CT molecular complexity index is 465. The number of hydrogen-bond acceptors (Lipinski definition) is 5. The molecule has 9 heteroatoms. The molecule has 3 N–H and O–H groups in total. The van der Waals surface area contributed by atoms with Crippen LogP contribution in [0.1, 0.15) is 0 Å². The molecule has 19 heavy (non-hydrogen) atoms. The fourth-order valence-corrected chi connectivity index (χ4v) is 1.41. The van der Waals surface area contributed by atoms with Gasteiger partial charge in [0.15, 0.2) is 6.10 Å². The molecule has 1 aromatic carbocycles. The fraction of sp³-hybridized carbons (Fsp3) is 0.400. The van der Waals surface area contributed by atoms with Gasteiger partial charge in [0, 0.05) is 13.6 Å². The SMILES string of the molecule is CNc1cccc(NCC(O)C(F)(F)F)c1[N+](=O)[O-]. The monoisotopic (exact) mass is 279 g/mol. The van der Waals surface area contributed by atoms with E-state index in [-0.39, 0.29) is 17.1 Å². The first kappa shape index (κ1) is 15.0. The molecule has 6 nitrogen and oxygen atoms in total. The van der Waals surface area contributed by atoms with E-state index in [1.807, 2.05) is 0 Å². The summed E-state index contributed by atoms with van der Waals surface area (Å²) in [6.07, 6.45) is -7.37. The number of nitro benzene ring substituents is 1. The van der Waals surface area contributed by atoms with Gasteiger partial charge in [0.2, 0.25) is 0 Å². The molecule has 0 amide bonds. The number of para-hydroxylation sites is 1. The van der Waals surface area contributed by atoms with Crippen molar-refractivity contribution in [3.8, 4) is 0 Å². The highest BCUT2D eigenvalue weighted by atomic mass is 19.4. The van der Waals surface area contributed by atoms with Crippen molar-refractivity contribution < 1.29 is 23.2 Å². The van der Waals surface area contributed by atoms with Gasteiger partial charge in [-0.25, -0.2) is 0 Å². The second-order valence-electron chi connectivity index (χ2n) is 3.65. The van der Waals surface area contributed by atoms with Gasteiger partial charge in [0.05, 0.1) is 4.92 Å². The third-order valence-corrected chi connectivity index (χ3v) is 2.35. The van der Waals surface area contributed by atoms with E-state index in [9.17, 15) is 23.3 Å². The lowest BCUT2D eigenvalue weighted by atomic mass is 10.2. The molecule has 0 aliphatic carbocycles. The van der Waals surface area contributed by atoms with Gasteiger partial charge in [0.1, 0.15) is 11.4 Å². The Labute approximate surface area is 106 Å². The molecule has 0 fully saturated rings. The first-order chi connectivity index (χ1) is 8.77. The highest BCUT2D eigenvalue weighted by Crippen LogP contribution is 2.32. The molecule has 0 saturated heterocycles. The molecule has 0 saturated carbocycles. The second kappa shape index (κ2) is 5.74. The van der Waals surface area contributed by atoms with Gasteiger partial charge in [-0.1, -0.05) is 6.07 Å². The maximum atomic E-state index is 12.1. The zero-order valence-electron chi connectivity index (χ0n) is 9.86. The molecule has 0 aliphatic heterocycles. The van der Waals surface area contributed by atoms with Gasteiger partial charge in [-0.05, 0) is 12.1 Å². The summed E-state index contributed by atoms with van der Waals surface area (Å²) in [6.45, 7) is -0.864. The van der Waals surface area contributed by atoms with Crippen molar-refractivity contribution >= 4 is 17.1 Å². The molecule has 1 unspecified atom stereocenters. The van der Waals surface area contributed by atoms with Crippen LogP contribution >= 0.6 is 0 Å². The lowest BCUT2D eigenvalue weighted by Crippen LogP contribution is -2.35. The van der Waals surface area contributed by atoms with Crippen LogP contribution in [0, 0.1) is 10.1 Å². The van der Waals surface area contributed by atoms with E-state index in [4.69, 9.17) is 5.11 Å². The smallest absolute Gasteiger partial charge is 0.382 e. The molecule has 1 aromatic rings. The Morgan fingerprint density at radius 3 is 2.47 bits per heavy atom. The largest absolute Gasteiger partial charge is 0.416 e. The van der Waals surface area contributed by atoms with E-state index in [1.165, 1.54) is 25.2 Å². The average molecular weight is 279 g/mol. The number of anilines is 2. The Hall–Kier alpha value is -2.03. The van der Waals surface area contributed by atoms with Gasteiger partial charge in [-0.15, -0.1) is 0 Å². The molecule has 1 atom stereocenters. The summed E-state index contributed by atoms with van der Waals surface area (Å²) in [5, 5.41) is 24.5. The summed E-state index contributed by atoms with van der Waals surface area (Å²) in [5.74, 6) is 0. The van der Waals surface area contributed by atoms with E-state index < -0.39 is 23.7 Å². The lowest BCUT2D eigenvalue weighted by molar-refractivity contribution is -0.383. The number of alkyl halides is 3. The van der Waals surface area contributed by atoms with Crippen molar-refractivity contribution in [1.82, 2.24) is 0 Å². The molecule has 0 bridgehead atoms. The van der Waals surface area contributed by atoms with Crippen LogP contribution in [0.3, 0.4) is 0 Å². The van der Waals surface area contributed by atoms with Crippen LogP contribution in [0.4, 0.5) is 30.2 Å². The molecule has 0 radical (unpaired) electrons. The second-order valence-corrected chi connectivity index (χ2v) is 3.65. The van der Waals surface area contributed by atoms with Crippen molar-refractivity contribution in [1.29, 1.82) is 0 Å². The zero-order chi connectivity index (χ0) is 14.6. The third-order valence-electron chi connectivity index (χ3n) is 2.35. The molecular weight excluding hydrogens is 267 g/mol. The normalized spacial score (nSPS) is 12.9. The van der Waals surface area contributed by atoms with E-state index in [0.29, 0.717) is 0 Å². The zero-order valence-corrected chi connectivity index (χ0v) is 9.86. The standard InChI is InChI=1S/C10H12F3N3O3/c1-14-6-3-2-4-7(9(6)16(18)19)15-5-8(17)10(11,12)13/h2-4,8,14-15,17H,5H2,1H3. The number of aliphatic hydroxyl groups excluding tert-OH is 1. The number of nitrogens with one attached hydrogen (secondary N) is 2. The van der Waals surface area contributed by atoms with Crippen LogP contribution in [0.5, 0.6) is 0 Å². The predicted octanol–water partition coefficient (Wildman–Crippen LogP) is 1.97. The van der Waals surface area contributed by atoms with Crippen LogP contribution in [-0.4, -0.2) is 35.9 Å². The van der Waals surface area contributed by atoms with Crippen molar-refractivity contribution in [2.45, 2.75) is 12.3 Å². The summed E-state index contributed by atoms with van der Waals surface area (Å²) in [6, 6.07) is 4.13. The van der Waals surface area contributed by atoms with Crippen LogP contribution < -0.4 is 10.6 Å². The summed E-state index contributed by atoms with van der Waals surface area (Å²) in [7, 11) is 1.46. The van der Waals surface area contributed by atoms with Crippen LogP contribution in [0.25, 0.3) is 0 Å². The molecule has 0 aromatic heterocycles. The molecule has 1 rings (SSSR count). The van der Waals surface area contributed by atoms with Gasteiger partial charge in [0.25, 0.3) is 0 Å². The number of aliphatic hydroxyl groups is 1. The fourth-order valence-electron chi connectivity index (χ4n) is 1.41. The van der Waals surface area contributed by atoms with Gasteiger partial charge >= 0.3 is 11.9 Å². The number of rotatable bonds is 5. The predicted molar refractivity (Wildman–Crippen MR) is 63.2 cm³/mol. The van der Waals surface area contributed by atoms with Crippen LogP contribution in [0.2, 0.25) is 0 Å². The number of nitrogens with zero attached hydrogens (tertiary/aromatic N) is 1. The van der Waals surface area contributed by atoms with Gasteiger partial charge in [-0.3, -0.25) is 10.1 Å². The highest BCUT2D eigenvalue weighted by molar-refractivity contribution is 5.76. The molecule has 0 spiro atoms. The number of hydrogen-bond donors (Lipinski definition) is 3. The van der Waals surface area contributed by atoms with E-state index in [2.05, 4.69) is 10.6 Å². The number of benzene rings is 1. The Morgan fingerprint density at radius 2 is 2.00 bits per heavy atom. The number of halogens is 3. The number of nitro groups is 1. The Morgan fingerprint density at radius 1 is 1.42 bits per heavy atom. The van der Waals surface area contributed by atoms with Crippen molar-refractivity contribution in [3.63, 3.8) is 0 Å². The van der Waals surface area contributed by atoms with E-state index in [1.54, 1.807) is 0 Å². The van der Waals surface area contributed by atoms with Crippen LogP contribution in [0.15, 0.2) is 18.2 Å². The minimum Gasteiger partial charge on any atom is -0.382 e. The summed E-state index contributed by atoms with van der Waals surface area (Å²) >= 11 is 0. The first-order valence-electron chi connectivity index (χ1n) is 5.21. The van der Waals surface area contributed by atoms with E-state index in [0.717, 1.165) is 0 Å². The van der Waals surface area contributed by atoms with Gasteiger partial charge < -0.3 is 15.7 Å². The maximum absolute atomic E-state index is 12.1. The minimum absolute atomic E-state index is 0.0971. The van der Waals surface area contributed by atoms with Crippen LogP contribution in [-0.2, 0) is 0 Å². The summed E-state index contributed by atoms with van der Waals surface area (Å²) < 4.78 is 36.4. The van der Waals surface area contributed by atoms with E-state index >= 15 is 0 Å². The maximum Gasteiger partial charge on any atom is 0.416 e. The molecule has 0 aliphatic rings. The Balaban J connectivity index is 2.93. The van der Waals surface area contributed by atoms with Crippen molar-refractivity contribution in [3.05, 3.63) is 28.3 Å². The third kappa shape index (κ3) is 3.71. The quantitative estimate of drug-likeness (QED) is 0.566. The summed E-state index contributed by atoms with van der Waals surface area (Å²) in [4.78, 5) is 10.2. The minimum atomic E-state index is -4.78. The van der Waals surface area contributed by atoms with Crippen molar-refractivity contribution in [2.24, 2.45) is 0 Å². The molecule has 106 valence electrons. The topological polar surface area (TPSA) is 87.4 Å².